The number of carbonyl (C=O) groups is 2. The number of aromatic nitrogens is 3. The van der Waals surface area contributed by atoms with E-state index in [0.29, 0.717) is 22.5 Å². The summed E-state index contributed by atoms with van der Waals surface area (Å²) in [6.07, 6.45) is 1.70. The van der Waals surface area contributed by atoms with Crippen molar-refractivity contribution in [3.63, 3.8) is 0 Å². The number of allylic oxidation sites excluding steroid dienone is 1. The molecule has 0 aliphatic rings. The van der Waals surface area contributed by atoms with Crippen molar-refractivity contribution in [2.75, 3.05) is 5.75 Å². The number of nitrogens with one attached hydrogen (secondary N) is 1. The van der Waals surface area contributed by atoms with Crippen molar-refractivity contribution in [2.24, 2.45) is 5.73 Å². The monoisotopic (exact) mass is 351 g/mol. The zero-order valence-corrected chi connectivity index (χ0v) is 13.6. The van der Waals surface area contributed by atoms with Crippen molar-refractivity contribution in [3.8, 4) is 11.4 Å². The van der Waals surface area contributed by atoms with Crippen molar-refractivity contribution in [1.82, 2.24) is 20.1 Å². The first-order valence-electron chi connectivity index (χ1n) is 6.53. The van der Waals surface area contributed by atoms with Crippen LogP contribution < -0.4 is 11.1 Å². The zero-order valence-electron chi connectivity index (χ0n) is 12.0. The van der Waals surface area contributed by atoms with E-state index in [2.05, 4.69) is 16.8 Å². The Hall–Kier alpha value is -2.32. The van der Waals surface area contributed by atoms with Gasteiger partial charge in [0.15, 0.2) is 11.0 Å². The molecule has 0 aliphatic heterocycles. The lowest BCUT2D eigenvalue weighted by Gasteiger charge is -2.07. The van der Waals surface area contributed by atoms with Gasteiger partial charge in [0.2, 0.25) is 5.91 Å². The predicted molar refractivity (Wildman–Crippen MR) is 89.1 cm³/mol. The summed E-state index contributed by atoms with van der Waals surface area (Å²) in [5.41, 5.74) is 5.74. The number of rotatable bonds is 6. The molecule has 0 fully saturated rings. The summed E-state index contributed by atoms with van der Waals surface area (Å²) in [5, 5.41) is 11.4. The highest BCUT2D eigenvalue weighted by Gasteiger charge is 2.15. The first-order chi connectivity index (χ1) is 11.0. The highest BCUT2D eigenvalue weighted by molar-refractivity contribution is 7.99. The molecule has 2 rings (SSSR count). The lowest BCUT2D eigenvalue weighted by Crippen LogP contribution is -2.36. The fraction of sp³-hybridized carbons (Fsp3) is 0.143. The Balaban J connectivity index is 2.20. The first-order valence-corrected chi connectivity index (χ1v) is 7.89. The molecule has 7 nitrogen and oxygen atoms in total. The van der Waals surface area contributed by atoms with Crippen LogP contribution >= 0.6 is 23.4 Å². The van der Waals surface area contributed by atoms with Crippen LogP contribution in [0, 0.1) is 0 Å². The SMILES string of the molecule is C=CCn1c(SCC(=O)NC(N)=O)nnc1-c1ccc(Cl)cc1. The number of hydrogen-bond acceptors (Lipinski definition) is 5. The molecule has 0 spiro atoms. The van der Waals surface area contributed by atoms with Crippen LogP contribution in [-0.4, -0.2) is 32.5 Å². The van der Waals surface area contributed by atoms with E-state index in [4.69, 9.17) is 17.3 Å². The maximum atomic E-state index is 11.5. The molecular weight excluding hydrogens is 338 g/mol. The second-order valence-corrected chi connectivity index (χ2v) is 5.79. The second-order valence-electron chi connectivity index (χ2n) is 4.41. The molecule has 1 aromatic heterocycles. The Morgan fingerprint density at radius 2 is 2.04 bits per heavy atom. The van der Waals surface area contributed by atoms with Crippen molar-refractivity contribution >= 4 is 35.3 Å². The summed E-state index contributed by atoms with van der Waals surface area (Å²) in [6.45, 7) is 4.19. The number of nitrogens with zero attached hydrogens (tertiary/aromatic N) is 3. The van der Waals surface area contributed by atoms with E-state index >= 15 is 0 Å². The minimum atomic E-state index is -0.884. The van der Waals surface area contributed by atoms with E-state index in [1.54, 1.807) is 18.2 Å². The van der Waals surface area contributed by atoms with E-state index < -0.39 is 11.9 Å². The van der Waals surface area contributed by atoms with Crippen molar-refractivity contribution in [2.45, 2.75) is 11.7 Å². The van der Waals surface area contributed by atoms with E-state index in [9.17, 15) is 9.59 Å². The molecule has 0 saturated heterocycles. The van der Waals surface area contributed by atoms with Crippen LogP contribution in [0.4, 0.5) is 4.79 Å². The van der Waals surface area contributed by atoms with Gasteiger partial charge in [-0.05, 0) is 24.3 Å². The topological polar surface area (TPSA) is 103 Å². The Morgan fingerprint density at radius 1 is 1.35 bits per heavy atom. The molecule has 3 amide bonds. The van der Waals surface area contributed by atoms with Crippen LogP contribution in [0.3, 0.4) is 0 Å². The lowest BCUT2D eigenvalue weighted by molar-refractivity contribution is -0.117. The fourth-order valence-corrected chi connectivity index (χ4v) is 2.68. The van der Waals surface area contributed by atoms with E-state index in [1.807, 2.05) is 22.0 Å². The Morgan fingerprint density at radius 3 is 2.65 bits per heavy atom. The molecular formula is C14H14ClN5O2S. The number of nitrogens with two attached hydrogens (primary N) is 1. The summed E-state index contributed by atoms with van der Waals surface area (Å²) in [4.78, 5) is 22.1. The van der Waals surface area contributed by atoms with E-state index in [0.717, 1.165) is 17.3 Å². The smallest absolute Gasteiger partial charge is 0.318 e. The van der Waals surface area contributed by atoms with Crippen molar-refractivity contribution in [3.05, 3.63) is 41.9 Å². The van der Waals surface area contributed by atoms with Gasteiger partial charge in [0, 0.05) is 17.1 Å². The van der Waals surface area contributed by atoms with Crippen LogP contribution in [0.15, 0.2) is 42.1 Å². The van der Waals surface area contributed by atoms with Gasteiger partial charge >= 0.3 is 6.03 Å². The molecule has 23 heavy (non-hydrogen) atoms. The van der Waals surface area contributed by atoms with Gasteiger partial charge in [-0.25, -0.2) is 4.79 Å². The molecule has 3 N–H and O–H groups in total. The molecule has 0 bridgehead atoms. The first kappa shape index (κ1) is 17.0. The number of primary amides is 1. The molecule has 1 aromatic carbocycles. The number of halogens is 1. The lowest BCUT2D eigenvalue weighted by atomic mass is 10.2. The Bertz CT molecular complexity index is 729. The summed E-state index contributed by atoms with van der Waals surface area (Å²) in [6, 6.07) is 6.30. The van der Waals surface area contributed by atoms with Gasteiger partial charge in [0.05, 0.1) is 5.75 Å². The molecule has 2 aromatic rings. The van der Waals surface area contributed by atoms with Gasteiger partial charge in [-0.3, -0.25) is 14.7 Å². The molecule has 120 valence electrons. The number of carbonyl (C=O) groups excluding carboxylic acids is 2. The van der Waals surface area contributed by atoms with Crippen molar-refractivity contribution in [1.29, 1.82) is 0 Å². The number of thioether (sulfide) groups is 1. The molecule has 9 heteroatoms. The van der Waals surface area contributed by atoms with Crippen molar-refractivity contribution < 1.29 is 9.59 Å². The largest absolute Gasteiger partial charge is 0.351 e. The van der Waals surface area contributed by atoms with Gasteiger partial charge in [0.1, 0.15) is 0 Å². The molecule has 0 atom stereocenters. The Kier molecular flexibility index (Phi) is 5.78. The fourth-order valence-electron chi connectivity index (χ4n) is 1.81. The number of imide groups is 1. The third-order valence-electron chi connectivity index (χ3n) is 2.73. The van der Waals surface area contributed by atoms with Crippen LogP contribution in [0.1, 0.15) is 0 Å². The second kappa shape index (κ2) is 7.80. The average molecular weight is 352 g/mol. The van der Waals surface area contributed by atoms with E-state index in [-0.39, 0.29) is 5.75 Å². The normalized spacial score (nSPS) is 10.3. The van der Waals surface area contributed by atoms with Crippen LogP contribution in [0.5, 0.6) is 0 Å². The maximum Gasteiger partial charge on any atom is 0.318 e. The number of urea groups is 1. The van der Waals surface area contributed by atoms with Crippen LogP contribution in [-0.2, 0) is 11.3 Å². The third-order valence-corrected chi connectivity index (χ3v) is 3.94. The molecule has 0 unspecified atom stereocenters. The summed E-state index contributed by atoms with van der Waals surface area (Å²) in [5.74, 6) is 0.141. The highest BCUT2D eigenvalue weighted by Crippen LogP contribution is 2.25. The third kappa shape index (κ3) is 4.57. The molecule has 0 aliphatic carbocycles. The minimum absolute atomic E-state index is 0.00116. The van der Waals surface area contributed by atoms with Gasteiger partial charge in [-0.15, -0.1) is 16.8 Å². The predicted octanol–water partition coefficient (Wildman–Crippen LogP) is 2.07. The average Bonchev–Trinajstić information content (AvgIpc) is 2.89. The quantitative estimate of drug-likeness (QED) is 0.612. The van der Waals surface area contributed by atoms with Crippen LogP contribution in [0.2, 0.25) is 5.02 Å². The Labute approximate surface area is 141 Å². The number of amides is 3. The summed E-state index contributed by atoms with van der Waals surface area (Å²) >= 11 is 7.04. The number of hydrogen-bond donors (Lipinski definition) is 2. The van der Waals surface area contributed by atoms with Gasteiger partial charge < -0.3 is 5.73 Å². The molecule has 1 heterocycles. The minimum Gasteiger partial charge on any atom is -0.351 e. The standard InChI is InChI=1S/C14H14ClN5O2S/c1-2-7-20-12(9-3-5-10(15)6-4-9)18-19-14(20)23-8-11(21)17-13(16)22/h2-6H,1,7-8H2,(H3,16,17,21,22). The highest BCUT2D eigenvalue weighted by atomic mass is 35.5. The van der Waals surface area contributed by atoms with Gasteiger partial charge in [-0.2, -0.15) is 0 Å². The number of benzene rings is 1. The summed E-state index contributed by atoms with van der Waals surface area (Å²) < 4.78 is 1.82. The summed E-state index contributed by atoms with van der Waals surface area (Å²) in [7, 11) is 0. The zero-order chi connectivity index (χ0) is 16.8. The molecule has 0 radical (unpaired) electrons. The maximum absolute atomic E-state index is 11.5. The van der Waals surface area contributed by atoms with Crippen LogP contribution in [0.25, 0.3) is 11.4 Å². The molecule has 0 saturated carbocycles. The van der Waals surface area contributed by atoms with E-state index in [1.165, 1.54) is 0 Å². The van der Waals surface area contributed by atoms with Gasteiger partial charge in [-0.1, -0.05) is 29.4 Å². The van der Waals surface area contributed by atoms with Gasteiger partial charge in [0.25, 0.3) is 0 Å².